The van der Waals surface area contributed by atoms with Gasteiger partial charge >= 0.3 is 0 Å². The Morgan fingerprint density at radius 1 is 0.960 bits per heavy atom. The van der Waals surface area contributed by atoms with Crippen LogP contribution in [0.4, 0.5) is 0 Å². The van der Waals surface area contributed by atoms with Crippen molar-refractivity contribution in [2.75, 3.05) is 6.54 Å². The van der Waals surface area contributed by atoms with Gasteiger partial charge in [-0.15, -0.1) is 0 Å². The first-order chi connectivity index (χ1) is 12.0. The van der Waals surface area contributed by atoms with Crippen LogP contribution in [-0.2, 0) is 0 Å². The van der Waals surface area contributed by atoms with Gasteiger partial charge in [-0.25, -0.2) is 0 Å². The number of fused-ring (bicyclic) bond motifs is 5. The van der Waals surface area contributed by atoms with Crippen LogP contribution in [0.3, 0.4) is 0 Å². The standard InChI is InChI=1S/C24H43N/c1-5-17-14-24(4)21-11-9-18(16(2)15-25)19(21)10-12-22(24)23(3)13-7-6-8-20(17)23/h16-22H,5-15,25H2,1-4H3/t16-,17+,18?,19?,20?,21?,22-,23?,24?/m1/s1. The minimum atomic E-state index is 0.620. The third-order valence-corrected chi connectivity index (χ3v) is 10.3. The van der Waals surface area contributed by atoms with Crippen LogP contribution in [0.25, 0.3) is 0 Å². The molecule has 144 valence electrons. The van der Waals surface area contributed by atoms with Crippen LogP contribution in [0.1, 0.15) is 91.9 Å². The summed E-state index contributed by atoms with van der Waals surface area (Å²) in [4.78, 5) is 0. The smallest absolute Gasteiger partial charge is 0.00488 e. The lowest BCUT2D eigenvalue weighted by Gasteiger charge is -2.66. The maximum absolute atomic E-state index is 6.09. The summed E-state index contributed by atoms with van der Waals surface area (Å²) in [6, 6.07) is 0. The van der Waals surface area contributed by atoms with Gasteiger partial charge in [0.1, 0.15) is 0 Å². The van der Waals surface area contributed by atoms with Crippen molar-refractivity contribution in [3.63, 3.8) is 0 Å². The highest BCUT2D eigenvalue weighted by Gasteiger charge is 2.63. The van der Waals surface area contributed by atoms with Gasteiger partial charge < -0.3 is 5.73 Å². The van der Waals surface area contributed by atoms with Gasteiger partial charge in [0.15, 0.2) is 0 Å². The van der Waals surface area contributed by atoms with Crippen molar-refractivity contribution in [1.82, 2.24) is 0 Å². The van der Waals surface area contributed by atoms with Gasteiger partial charge in [0.2, 0.25) is 0 Å². The first-order valence-electron chi connectivity index (χ1n) is 11.7. The molecule has 0 spiro atoms. The van der Waals surface area contributed by atoms with Gasteiger partial charge in [-0.3, -0.25) is 0 Å². The molecule has 4 aliphatic rings. The lowest BCUT2D eigenvalue weighted by Crippen LogP contribution is -2.58. The van der Waals surface area contributed by atoms with Crippen LogP contribution in [0.15, 0.2) is 0 Å². The molecule has 0 aliphatic heterocycles. The molecule has 4 saturated carbocycles. The minimum Gasteiger partial charge on any atom is -0.330 e. The first-order valence-corrected chi connectivity index (χ1v) is 11.7. The average Bonchev–Trinajstić information content (AvgIpc) is 3.05. The monoisotopic (exact) mass is 345 g/mol. The highest BCUT2D eigenvalue weighted by Crippen LogP contribution is 2.70. The van der Waals surface area contributed by atoms with E-state index in [0.29, 0.717) is 10.8 Å². The molecule has 1 heteroatoms. The minimum absolute atomic E-state index is 0.620. The molecule has 0 saturated heterocycles. The van der Waals surface area contributed by atoms with Gasteiger partial charge in [-0.2, -0.15) is 0 Å². The highest BCUT2D eigenvalue weighted by molar-refractivity contribution is 5.12. The maximum Gasteiger partial charge on any atom is -0.00488 e. The third-order valence-electron chi connectivity index (χ3n) is 10.3. The lowest BCUT2D eigenvalue weighted by molar-refractivity contribution is -0.168. The molecule has 6 unspecified atom stereocenters. The fourth-order valence-corrected chi connectivity index (χ4v) is 9.27. The van der Waals surface area contributed by atoms with Crippen LogP contribution in [0.2, 0.25) is 0 Å². The van der Waals surface area contributed by atoms with Crippen LogP contribution in [0.5, 0.6) is 0 Å². The van der Waals surface area contributed by atoms with E-state index < -0.39 is 0 Å². The zero-order chi connectivity index (χ0) is 17.8. The Morgan fingerprint density at radius 2 is 1.76 bits per heavy atom. The highest BCUT2D eigenvalue weighted by atomic mass is 14.7. The van der Waals surface area contributed by atoms with E-state index in [2.05, 4.69) is 27.7 Å². The maximum atomic E-state index is 6.09. The first kappa shape index (κ1) is 18.3. The molecule has 0 bridgehead atoms. The van der Waals surface area contributed by atoms with E-state index in [4.69, 9.17) is 5.73 Å². The SMILES string of the molecule is CC[C@H]1CC2(C)C3CCC([C@H](C)CN)C3CC[C@@H]2C2(C)CCCCC12. The van der Waals surface area contributed by atoms with Gasteiger partial charge in [-0.05, 0) is 104 Å². The van der Waals surface area contributed by atoms with Crippen LogP contribution < -0.4 is 5.73 Å². The van der Waals surface area contributed by atoms with Gasteiger partial charge in [0.25, 0.3) is 0 Å². The van der Waals surface area contributed by atoms with Crippen LogP contribution in [-0.4, -0.2) is 6.54 Å². The van der Waals surface area contributed by atoms with E-state index in [1.807, 2.05) is 0 Å². The lowest BCUT2D eigenvalue weighted by atomic mass is 9.39. The second-order valence-corrected chi connectivity index (χ2v) is 11.1. The number of hydrogen-bond acceptors (Lipinski definition) is 1. The van der Waals surface area contributed by atoms with Crippen molar-refractivity contribution < 1.29 is 0 Å². The molecule has 0 aromatic heterocycles. The Hall–Kier alpha value is -0.0400. The van der Waals surface area contributed by atoms with Gasteiger partial charge in [0, 0.05) is 0 Å². The van der Waals surface area contributed by atoms with E-state index in [1.54, 1.807) is 6.42 Å². The molecular weight excluding hydrogens is 302 g/mol. The molecule has 0 radical (unpaired) electrons. The number of nitrogens with two attached hydrogens (primary N) is 1. The molecule has 4 rings (SSSR count). The summed E-state index contributed by atoms with van der Waals surface area (Å²) in [5.41, 5.74) is 7.36. The molecular formula is C24H43N. The van der Waals surface area contributed by atoms with E-state index in [1.165, 1.54) is 57.8 Å². The molecule has 4 fully saturated rings. The molecule has 9 atom stereocenters. The Labute approximate surface area is 156 Å². The summed E-state index contributed by atoms with van der Waals surface area (Å²) in [6.45, 7) is 11.3. The summed E-state index contributed by atoms with van der Waals surface area (Å²) in [5, 5.41) is 0. The quantitative estimate of drug-likeness (QED) is 0.641. The molecule has 0 aromatic rings. The zero-order valence-corrected chi connectivity index (χ0v) is 17.4. The van der Waals surface area contributed by atoms with Crippen molar-refractivity contribution in [3.8, 4) is 0 Å². The third kappa shape index (κ3) is 2.58. The normalized spacial score (nSPS) is 53.6. The Kier molecular flexibility index (Phi) is 4.79. The Morgan fingerprint density at radius 3 is 2.48 bits per heavy atom. The summed E-state index contributed by atoms with van der Waals surface area (Å²) in [6.07, 6.45) is 15.0. The largest absolute Gasteiger partial charge is 0.330 e. The molecule has 0 amide bonds. The number of hydrogen-bond donors (Lipinski definition) is 1. The summed E-state index contributed by atoms with van der Waals surface area (Å²) < 4.78 is 0. The summed E-state index contributed by atoms with van der Waals surface area (Å²) in [7, 11) is 0. The fraction of sp³-hybridized carbons (Fsp3) is 1.00. The topological polar surface area (TPSA) is 26.0 Å². The predicted octanol–water partition coefficient (Wildman–Crippen LogP) is 6.27. The van der Waals surface area contributed by atoms with Crippen molar-refractivity contribution in [1.29, 1.82) is 0 Å². The predicted molar refractivity (Wildman–Crippen MR) is 107 cm³/mol. The van der Waals surface area contributed by atoms with Crippen molar-refractivity contribution in [2.24, 2.45) is 58.0 Å². The second kappa shape index (κ2) is 6.54. The van der Waals surface area contributed by atoms with E-state index in [-0.39, 0.29) is 0 Å². The number of rotatable bonds is 3. The Bertz CT molecular complexity index is 486. The van der Waals surface area contributed by atoms with Gasteiger partial charge in [0.05, 0.1) is 0 Å². The zero-order valence-electron chi connectivity index (χ0n) is 17.4. The fourth-order valence-electron chi connectivity index (χ4n) is 9.27. The van der Waals surface area contributed by atoms with Crippen LogP contribution >= 0.6 is 0 Å². The second-order valence-electron chi connectivity index (χ2n) is 11.1. The molecule has 4 aliphatic carbocycles. The van der Waals surface area contributed by atoms with E-state index in [0.717, 1.165) is 48.0 Å². The molecule has 0 aromatic carbocycles. The average molecular weight is 346 g/mol. The van der Waals surface area contributed by atoms with Crippen molar-refractivity contribution >= 4 is 0 Å². The van der Waals surface area contributed by atoms with E-state index >= 15 is 0 Å². The summed E-state index contributed by atoms with van der Waals surface area (Å²) in [5.74, 6) is 6.67. The van der Waals surface area contributed by atoms with Crippen molar-refractivity contribution in [2.45, 2.75) is 91.9 Å². The molecule has 0 heterocycles. The molecule has 2 N–H and O–H groups in total. The molecule has 1 nitrogen and oxygen atoms in total. The van der Waals surface area contributed by atoms with Crippen molar-refractivity contribution in [3.05, 3.63) is 0 Å². The van der Waals surface area contributed by atoms with Crippen LogP contribution in [0, 0.1) is 52.3 Å². The molecule has 25 heavy (non-hydrogen) atoms. The Balaban J connectivity index is 1.66. The summed E-state index contributed by atoms with van der Waals surface area (Å²) >= 11 is 0. The van der Waals surface area contributed by atoms with Gasteiger partial charge in [-0.1, -0.05) is 47.0 Å². The van der Waals surface area contributed by atoms with E-state index in [9.17, 15) is 0 Å².